The number of amides is 1. The lowest BCUT2D eigenvalue weighted by atomic mass is 10.1. The molecule has 1 heterocycles. The summed E-state index contributed by atoms with van der Waals surface area (Å²) < 4.78 is 0. The number of aromatic nitrogens is 1. The molecule has 0 atom stereocenters. The van der Waals surface area contributed by atoms with Gasteiger partial charge in [-0.25, -0.2) is 0 Å². The monoisotopic (exact) mass is 321 g/mol. The van der Waals surface area contributed by atoms with Crippen LogP contribution in [0.2, 0.25) is 0 Å². The second-order valence-corrected chi connectivity index (χ2v) is 6.04. The van der Waals surface area contributed by atoms with Gasteiger partial charge < -0.3 is 15.6 Å². The van der Waals surface area contributed by atoms with Crippen LogP contribution in [-0.2, 0) is 0 Å². The van der Waals surface area contributed by atoms with Gasteiger partial charge in [-0.1, -0.05) is 18.2 Å². The highest BCUT2D eigenvalue weighted by Gasteiger charge is 2.09. The Morgan fingerprint density at radius 2 is 1.83 bits per heavy atom. The number of nitrogens with one attached hydrogen (secondary N) is 3. The summed E-state index contributed by atoms with van der Waals surface area (Å²) in [7, 11) is 0. The summed E-state index contributed by atoms with van der Waals surface area (Å²) in [6, 6.07) is 15.9. The molecule has 1 amide bonds. The number of hydrogen-bond donors (Lipinski definition) is 3. The highest BCUT2D eigenvalue weighted by atomic mass is 16.1. The number of aryl methyl sites for hydroxylation is 2. The predicted octanol–water partition coefficient (Wildman–Crippen LogP) is 4.02. The molecule has 3 N–H and O–H groups in total. The zero-order valence-electron chi connectivity index (χ0n) is 14.1. The second-order valence-electron chi connectivity index (χ2n) is 6.04. The molecular weight excluding hydrogens is 298 g/mol. The molecule has 0 aliphatic heterocycles. The molecule has 0 fully saturated rings. The first-order chi connectivity index (χ1) is 11.6. The smallest absolute Gasteiger partial charge is 0.251 e. The SMILES string of the molecule is Cc1[nH]c2ccc(C(=O)NCCCNc3ccccc3)cc2c1C. The zero-order chi connectivity index (χ0) is 16.9. The van der Waals surface area contributed by atoms with Gasteiger partial charge in [0.25, 0.3) is 5.91 Å². The van der Waals surface area contributed by atoms with Gasteiger partial charge in [-0.2, -0.15) is 0 Å². The van der Waals surface area contributed by atoms with Crippen molar-refractivity contribution in [1.82, 2.24) is 10.3 Å². The molecule has 0 radical (unpaired) electrons. The third-order valence-electron chi connectivity index (χ3n) is 4.31. The number of carbonyl (C=O) groups excluding carboxylic acids is 1. The number of aromatic amines is 1. The van der Waals surface area contributed by atoms with E-state index in [4.69, 9.17) is 0 Å². The fourth-order valence-corrected chi connectivity index (χ4v) is 2.78. The third kappa shape index (κ3) is 3.59. The Hall–Kier alpha value is -2.75. The summed E-state index contributed by atoms with van der Waals surface area (Å²) >= 11 is 0. The van der Waals surface area contributed by atoms with Gasteiger partial charge in [0.2, 0.25) is 0 Å². The Balaban J connectivity index is 1.51. The van der Waals surface area contributed by atoms with Crippen molar-refractivity contribution in [3.8, 4) is 0 Å². The number of para-hydroxylation sites is 1. The maximum absolute atomic E-state index is 12.3. The Labute approximate surface area is 142 Å². The summed E-state index contributed by atoms with van der Waals surface area (Å²) in [5, 5.41) is 7.44. The summed E-state index contributed by atoms with van der Waals surface area (Å²) in [5.41, 5.74) is 5.24. The standard InChI is InChI=1S/C20H23N3O/c1-14-15(2)23-19-10-9-16(13-18(14)19)20(24)22-12-6-11-21-17-7-4-3-5-8-17/h3-5,7-10,13,21,23H,6,11-12H2,1-2H3,(H,22,24). The second kappa shape index (κ2) is 7.21. The lowest BCUT2D eigenvalue weighted by Crippen LogP contribution is -2.25. The van der Waals surface area contributed by atoms with E-state index in [9.17, 15) is 4.79 Å². The molecule has 0 unspecified atom stereocenters. The number of benzene rings is 2. The molecular formula is C20H23N3O. The molecule has 4 heteroatoms. The van der Waals surface area contributed by atoms with Crippen LogP contribution in [0.1, 0.15) is 28.0 Å². The first-order valence-corrected chi connectivity index (χ1v) is 8.31. The molecule has 24 heavy (non-hydrogen) atoms. The topological polar surface area (TPSA) is 56.9 Å². The van der Waals surface area contributed by atoms with Gasteiger partial charge >= 0.3 is 0 Å². The average Bonchev–Trinajstić information content (AvgIpc) is 2.89. The van der Waals surface area contributed by atoms with Crippen molar-refractivity contribution in [1.29, 1.82) is 0 Å². The maximum atomic E-state index is 12.3. The van der Waals surface area contributed by atoms with Gasteiger partial charge in [0.1, 0.15) is 0 Å². The van der Waals surface area contributed by atoms with Crippen molar-refractivity contribution in [3.63, 3.8) is 0 Å². The van der Waals surface area contributed by atoms with Crippen LogP contribution in [0.25, 0.3) is 10.9 Å². The Kier molecular flexibility index (Phi) is 4.85. The number of rotatable bonds is 6. The lowest BCUT2D eigenvalue weighted by Gasteiger charge is -2.08. The fourth-order valence-electron chi connectivity index (χ4n) is 2.78. The number of anilines is 1. The van der Waals surface area contributed by atoms with Gasteiger partial charge in [0, 0.05) is 40.9 Å². The maximum Gasteiger partial charge on any atom is 0.251 e. The highest BCUT2D eigenvalue weighted by molar-refractivity contribution is 5.99. The minimum absolute atomic E-state index is 0.0186. The molecule has 3 rings (SSSR count). The Bertz CT molecular complexity index is 837. The summed E-state index contributed by atoms with van der Waals surface area (Å²) in [5.74, 6) is -0.0186. The predicted molar refractivity (Wildman–Crippen MR) is 99.7 cm³/mol. The minimum atomic E-state index is -0.0186. The summed E-state index contributed by atoms with van der Waals surface area (Å²) in [4.78, 5) is 15.6. The van der Waals surface area contributed by atoms with Gasteiger partial charge in [-0.3, -0.25) is 4.79 Å². The largest absolute Gasteiger partial charge is 0.385 e. The van der Waals surface area contributed by atoms with E-state index in [0.717, 1.165) is 35.2 Å². The van der Waals surface area contributed by atoms with E-state index in [1.165, 1.54) is 5.56 Å². The molecule has 0 aliphatic rings. The summed E-state index contributed by atoms with van der Waals surface area (Å²) in [6.45, 7) is 5.61. The van der Waals surface area contributed by atoms with Crippen LogP contribution in [0.3, 0.4) is 0 Å². The van der Waals surface area contributed by atoms with Crippen molar-refractivity contribution in [3.05, 3.63) is 65.4 Å². The van der Waals surface area contributed by atoms with E-state index < -0.39 is 0 Å². The van der Waals surface area contributed by atoms with E-state index in [1.807, 2.05) is 48.5 Å². The minimum Gasteiger partial charge on any atom is -0.385 e. The van der Waals surface area contributed by atoms with E-state index in [1.54, 1.807) is 0 Å². The number of hydrogen-bond acceptors (Lipinski definition) is 2. The molecule has 3 aromatic rings. The third-order valence-corrected chi connectivity index (χ3v) is 4.31. The van der Waals surface area contributed by atoms with Crippen LogP contribution >= 0.6 is 0 Å². The van der Waals surface area contributed by atoms with Crippen molar-refractivity contribution in [2.45, 2.75) is 20.3 Å². The first-order valence-electron chi connectivity index (χ1n) is 8.31. The van der Waals surface area contributed by atoms with Crippen LogP contribution in [0, 0.1) is 13.8 Å². The molecule has 0 spiro atoms. The Morgan fingerprint density at radius 3 is 2.62 bits per heavy atom. The molecule has 1 aromatic heterocycles. The van der Waals surface area contributed by atoms with E-state index in [2.05, 4.69) is 29.5 Å². The van der Waals surface area contributed by atoms with E-state index in [-0.39, 0.29) is 5.91 Å². The molecule has 0 saturated carbocycles. The molecule has 4 nitrogen and oxygen atoms in total. The van der Waals surface area contributed by atoms with Crippen LogP contribution in [-0.4, -0.2) is 24.0 Å². The molecule has 0 saturated heterocycles. The normalized spacial score (nSPS) is 10.8. The van der Waals surface area contributed by atoms with Crippen LogP contribution in [0.4, 0.5) is 5.69 Å². The van der Waals surface area contributed by atoms with Crippen molar-refractivity contribution in [2.24, 2.45) is 0 Å². The van der Waals surface area contributed by atoms with Crippen LogP contribution in [0.5, 0.6) is 0 Å². The number of carbonyl (C=O) groups is 1. The van der Waals surface area contributed by atoms with Crippen LogP contribution in [0.15, 0.2) is 48.5 Å². The molecule has 0 bridgehead atoms. The van der Waals surface area contributed by atoms with Crippen molar-refractivity contribution in [2.75, 3.05) is 18.4 Å². The summed E-state index contributed by atoms with van der Waals surface area (Å²) in [6.07, 6.45) is 0.880. The highest BCUT2D eigenvalue weighted by Crippen LogP contribution is 2.22. The van der Waals surface area contributed by atoms with Gasteiger partial charge in [0.15, 0.2) is 0 Å². The van der Waals surface area contributed by atoms with Gasteiger partial charge in [0.05, 0.1) is 0 Å². The quantitative estimate of drug-likeness (QED) is 0.601. The zero-order valence-corrected chi connectivity index (χ0v) is 14.1. The van der Waals surface area contributed by atoms with Crippen molar-refractivity contribution < 1.29 is 4.79 Å². The molecule has 124 valence electrons. The van der Waals surface area contributed by atoms with Crippen LogP contribution < -0.4 is 10.6 Å². The first kappa shape index (κ1) is 16.1. The molecule has 2 aromatic carbocycles. The fraction of sp³-hybridized carbons (Fsp3) is 0.250. The van der Waals surface area contributed by atoms with Crippen molar-refractivity contribution >= 4 is 22.5 Å². The number of fused-ring (bicyclic) bond motifs is 1. The van der Waals surface area contributed by atoms with E-state index in [0.29, 0.717) is 12.1 Å². The van der Waals surface area contributed by atoms with Gasteiger partial charge in [-0.15, -0.1) is 0 Å². The van der Waals surface area contributed by atoms with E-state index >= 15 is 0 Å². The Morgan fingerprint density at radius 1 is 1.04 bits per heavy atom. The molecule has 0 aliphatic carbocycles. The lowest BCUT2D eigenvalue weighted by molar-refractivity contribution is 0.0953. The number of H-pyrrole nitrogens is 1. The average molecular weight is 321 g/mol. The van der Waals surface area contributed by atoms with Gasteiger partial charge in [-0.05, 0) is 56.2 Å².